The molecular weight excluding hydrogens is 280 g/mol. The van der Waals surface area contributed by atoms with E-state index in [4.69, 9.17) is 10.3 Å². The van der Waals surface area contributed by atoms with E-state index in [1.165, 1.54) is 10.5 Å². The number of aromatic nitrogens is 2. The molecule has 0 spiro atoms. The second-order valence-electron chi connectivity index (χ2n) is 4.92. The van der Waals surface area contributed by atoms with Gasteiger partial charge in [-0.05, 0) is 18.9 Å². The summed E-state index contributed by atoms with van der Waals surface area (Å²) in [5.41, 5.74) is 6.84. The van der Waals surface area contributed by atoms with Crippen LogP contribution in [-0.2, 0) is 16.4 Å². The third kappa shape index (κ3) is 2.09. The lowest BCUT2D eigenvalue weighted by Gasteiger charge is -2.15. The number of sulfonamides is 1. The van der Waals surface area contributed by atoms with Gasteiger partial charge in [-0.3, -0.25) is 0 Å². The summed E-state index contributed by atoms with van der Waals surface area (Å²) < 4.78 is 31.5. The van der Waals surface area contributed by atoms with Crippen LogP contribution in [0.15, 0.2) is 21.7 Å². The average Bonchev–Trinajstić information content (AvgIpc) is 3.04. The van der Waals surface area contributed by atoms with Gasteiger partial charge in [-0.25, -0.2) is 13.4 Å². The first-order valence-electron chi connectivity index (χ1n) is 6.52. The highest BCUT2D eigenvalue weighted by atomic mass is 32.2. The fourth-order valence-corrected chi connectivity index (χ4v) is 3.86. The number of rotatable bonds is 3. The summed E-state index contributed by atoms with van der Waals surface area (Å²) in [6.07, 6.45) is 2.65. The second kappa shape index (κ2) is 4.80. The number of hydrogen-bond donors (Lipinski definition) is 1. The molecule has 0 saturated carbocycles. The minimum absolute atomic E-state index is 0.0942. The van der Waals surface area contributed by atoms with E-state index in [0.717, 1.165) is 0 Å². The Morgan fingerprint density at radius 3 is 3.00 bits per heavy atom. The molecule has 1 unspecified atom stereocenters. The van der Waals surface area contributed by atoms with Crippen LogP contribution < -0.4 is 5.73 Å². The van der Waals surface area contributed by atoms with Gasteiger partial charge in [0.1, 0.15) is 4.90 Å². The van der Waals surface area contributed by atoms with Crippen LogP contribution >= 0.6 is 0 Å². The molecule has 3 rings (SSSR count). The molecule has 1 aliphatic heterocycles. The molecular formula is C12H16N4O3S. The number of pyridine rings is 1. The van der Waals surface area contributed by atoms with Crippen molar-refractivity contribution in [3.63, 3.8) is 0 Å². The van der Waals surface area contributed by atoms with Gasteiger partial charge in [0.05, 0.1) is 17.3 Å². The summed E-state index contributed by atoms with van der Waals surface area (Å²) in [5.74, 6) is 0. The first-order valence-corrected chi connectivity index (χ1v) is 7.96. The molecule has 0 radical (unpaired) electrons. The van der Waals surface area contributed by atoms with E-state index in [-0.39, 0.29) is 10.9 Å². The summed E-state index contributed by atoms with van der Waals surface area (Å²) >= 11 is 0. The zero-order valence-electron chi connectivity index (χ0n) is 11.1. The van der Waals surface area contributed by atoms with Crippen molar-refractivity contribution in [2.45, 2.75) is 30.7 Å². The molecule has 1 saturated heterocycles. The van der Waals surface area contributed by atoms with E-state index in [0.29, 0.717) is 42.7 Å². The highest BCUT2D eigenvalue weighted by Gasteiger charge is 2.31. The van der Waals surface area contributed by atoms with Gasteiger partial charge in [0, 0.05) is 19.1 Å². The van der Waals surface area contributed by atoms with Crippen LogP contribution in [0.1, 0.15) is 19.0 Å². The number of aryl methyl sites for hydroxylation is 1. The predicted molar refractivity (Wildman–Crippen MR) is 72.5 cm³/mol. The van der Waals surface area contributed by atoms with Crippen molar-refractivity contribution in [1.29, 1.82) is 0 Å². The SMILES string of the molecule is CCc1noc2ncc(S(=O)(=O)N3CCC(N)C3)cc12. The Balaban J connectivity index is 2.05. The van der Waals surface area contributed by atoms with Crippen molar-refractivity contribution >= 4 is 21.1 Å². The summed E-state index contributed by atoms with van der Waals surface area (Å²) in [4.78, 5) is 4.20. The van der Waals surface area contributed by atoms with E-state index in [2.05, 4.69) is 10.1 Å². The molecule has 0 aliphatic carbocycles. The molecule has 8 heteroatoms. The fraction of sp³-hybridized carbons (Fsp3) is 0.500. The maximum absolute atomic E-state index is 12.5. The van der Waals surface area contributed by atoms with Gasteiger partial charge in [0.2, 0.25) is 10.0 Å². The van der Waals surface area contributed by atoms with Crippen molar-refractivity contribution in [1.82, 2.24) is 14.4 Å². The topological polar surface area (TPSA) is 102 Å². The maximum atomic E-state index is 12.5. The highest BCUT2D eigenvalue weighted by molar-refractivity contribution is 7.89. The van der Waals surface area contributed by atoms with Gasteiger partial charge >= 0.3 is 0 Å². The standard InChI is InChI=1S/C12H16N4O3S/c1-2-11-10-5-9(6-14-12(10)19-15-11)20(17,18)16-4-3-8(13)7-16/h5-6,8H,2-4,7,13H2,1H3. The molecule has 1 fully saturated rings. The average molecular weight is 296 g/mol. The Labute approximate surface area is 116 Å². The number of fused-ring (bicyclic) bond motifs is 1. The third-order valence-corrected chi connectivity index (χ3v) is 5.37. The summed E-state index contributed by atoms with van der Waals surface area (Å²) in [6, 6.07) is 1.49. The lowest BCUT2D eigenvalue weighted by molar-refractivity contribution is 0.439. The Hall–Kier alpha value is -1.51. The fourth-order valence-electron chi connectivity index (χ4n) is 2.38. The zero-order valence-corrected chi connectivity index (χ0v) is 11.9. The number of nitrogens with two attached hydrogens (primary N) is 1. The molecule has 0 bridgehead atoms. The van der Waals surface area contributed by atoms with Crippen molar-refractivity contribution in [2.24, 2.45) is 5.73 Å². The van der Waals surface area contributed by atoms with Crippen LogP contribution in [0.4, 0.5) is 0 Å². The first-order chi connectivity index (χ1) is 9.52. The van der Waals surface area contributed by atoms with Crippen LogP contribution in [0, 0.1) is 0 Å². The van der Waals surface area contributed by atoms with Gasteiger partial charge in [0.25, 0.3) is 5.71 Å². The van der Waals surface area contributed by atoms with E-state index in [1.807, 2.05) is 6.92 Å². The molecule has 7 nitrogen and oxygen atoms in total. The van der Waals surface area contributed by atoms with Gasteiger partial charge in [0.15, 0.2) is 0 Å². The van der Waals surface area contributed by atoms with Gasteiger partial charge in [-0.15, -0.1) is 0 Å². The lowest BCUT2D eigenvalue weighted by atomic mass is 10.2. The Kier molecular flexibility index (Phi) is 3.23. The largest absolute Gasteiger partial charge is 0.336 e. The molecule has 2 aromatic rings. The summed E-state index contributed by atoms with van der Waals surface area (Å²) in [7, 11) is -3.54. The van der Waals surface area contributed by atoms with Crippen LogP contribution in [0.2, 0.25) is 0 Å². The second-order valence-corrected chi connectivity index (χ2v) is 6.86. The van der Waals surface area contributed by atoms with Gasteiger partial charge < -0.3 is 10.3 Å². The molecule has 0 aromatic carbocycles. The molecule has 2 aromatic heterocycles. The highest BCUT2D eigenvalue weighted by Crippen LogP contribution is 2.24. The molecule has 3 heterocycles. The van der Waals surface area contributed by atoms with E-state index in [9.17, 15) is 8.42 Å². The Morgan fingerprint density at radius 2 is 2.35 bits per heavy atom. The molecule has 1 atom stereocenters. The number of nitrogens with zero attached hydrogens (tertiary/aromatic N) is 3. The van der Waals surface area contributed by atoms with Crippen molar-refractivity contribution < 1.29 is 12.9 Å². The van der Waals surface area contributed by atoms with Crippen molar-refractivity contribution in [2.75, 3.05) is 13.1 Å². The van der Waals surface area contributed by atoms with Gasteiger partial charge in [-0.1, -0.05) is 12.1 Å². The predicted octanol–water partition coefficient (Wildman–Crippen LogP) is 0.507. The van der Waals surface area contributed by atoms with Crippen molar-refractivity contribution in [3.8, 4) is 0 Å². The van der Waals surface area contributed by atoms with E-state index >= 15 is 0 Å². The molecule has 20 heavy (non-hydrogen) atoms. The molecule has 0 amide bonds. The third-order valence-electron chi connectivity index (χ3n) is 3.54. The quantitative estimate of drug-likeness (QED) is 0.885. The van der Waals surface area contributed by atoms with Crippen molar-refractivity contribution in [3.05, 3.63) is 18.0 Å². The summed E-state index contributed by atoms with van der Waals surface area (Å²) in [5, 5.41) is 4.53. The molecule has 2 N–H and O–H groups in total. The van der Waals surface area contributed by atoms with Crippen LogP contribution in [0.25, 0.3) is 11.1 Å². The van der Waals surface area contributed by atoms with E-state index in [1.54, 1.807) is 6.07 Å². The Bertz CT molecular complexity index is 740. The maximum Gasteiger partial charge on any atom is 0.258 e. The van der Waals surface area contributed by atoms with E-state index < -0.39 is 10.0 Å². The minimum Gasteiger partial charge on any atom is -0.336 e. The zero-order chi connectivity index (χ0) is 14.3. The van der Waals surface area contributed by atoms with Crippen LogP contribution in [-0.4, -0.2) is 42.0 Å². The summed E-state index contributed by atoms with van der Waals surface area (Å²) in [6.45, 7) is 2.73. The Morgan fingerprint density at radius 1 is 1.55 bits per heavy atom. The first kappa shape index (κ1) is 13.5. The number of hydrogen-bond acceptors (Lipinski definition) is 6. The van der Waals surface area contributed by atoms with Gasteiger partial charge in [-0.2, -0.15) is 4.31 Å². The normalized spacial score (nSPS) is 20.8. The smallest absolute Gasteiger partial charge is 0.258 e. The monoisotopic (exact) mass is 296 g/mol. The minimum atomic E-state index is -3.54. The van der Waals surface area contributed by atoms with Crippen LogP contribution in [0.3, 0.4) is 0 Å². The van der Waals surface area contributed by atoms with Crippen LogP contribution in [0.5, 0.6) is 0 Å². The lowest BCUT2D eigenvalue weighted by Crippen LogP contribution is -2.32. The molecule has 108 valence electrons. The molecule has 1 aliphatic rings.